The van der Waals surface area contributed by atoms with Crippen molar-refractivity contribution in [3.05, 3.63) is 0 Å². The van der Waals surface area contributed by atoms with Gasteiger partial charge in [-0.05, 0) is 12.0 Å². The lowest BCUT2D eigenvalue weighted by atomic mass is 9.93. The Bertz CT molecular complexity index is 203. The Morgan fingerprint density at radius 3 is 2.62 bits per heavy atom. The first kappa shape index (κ1) is 10.5. The number of carbonyl (C=O) groups is 1. The number of carbonyl (C=O) groups excluding carboxylic acids is 1. The van der Waals surface area contributed by atoms with Crippen LogP contribution >= 0.6 is 0 Å². The van der Waals surface area contributed by atoms with Crippen LogP contribution < -0.4 is 11.5 Å². The van der Waals surface area contributed by atoms with Crippen molar-refractivity contribution in [1.29, 1.82) is 0 Å². The number of hydrogen-bond donors (Lipinski definition) is 2. The monoisotopic (exact) mass is 185 g/mol. The molecule has 1 atom stereocenters. The summed E-state index contributed by atoms with van der Waals surface area (Å²) in [5, 5.41) is 0. The molecule has 76 valence electrons. The molecule has 4 heteroatoms. The Morgan fingerprint density at radius 1 is 1.62 bits per heavy atom. The third kappa shape index (κ3) is 2.67. The van der Waals surface area contributed by atoms with Crippen molar-refractivity contribution < 1.29 is 4.79 Å². The molecule has 13 heavy (non-hydrogen) atoms. The van der Waals surface area contributed by atoms with Crippen molar-refractivity contribution in [3.63, 3.8) is 0 Å². The van der Waals surface area contributed by atoms with Gasteiger partial charge in [-0.15, -0.1) is 0 Å². The molecule has 1 saturated heterocycles. The van der Waals surface area contributed by atoms with Gasteiger partial charge in [0.1, 0.15) is 0 Å². The highest BCUT2D eigenvalue weighted by molar-refractivity contribution is 5.79. The van der Waals surface area contributed by atoms with Crippen LogP contribution in [0.2, 0.25) is 0 Å². The topological polar surface area (TPSA) is 72.3 Å². The summed E-state index contributed by atoms with van der Waals surface area (Å²) < 4.78 is 0. The van der Waals surface area contributed by atoms with Crippen LogP contribution in [0, 0.1) is 5.41 Å². The van der Waals surface area contributed by atoms with E-state index in [1.165, 1.54) is 0 Å². The zero-order valence-corrected chi connectivity index (χ0v) is 8.42. The Morgan fingerprint density at radius 2 is 2.23 bits per heavy atom. The van der Waals surface area contributed by atoms with Crippen LogP contribution in [0.1, 0.15) is 20.3 Å². The largest absolute Gasteiger partial charge is 0.340 e. The van der Waals surface area contributed by atoms with E-state index in [0.717, 1.165) is 6.54 Å². The Kier molecular flexibility index (Phi) is 2.93. The molecule has 0 aliphatic carbocycles. The number of nitrogens with zero attached hydrogens (tertiary/aromatic N) is 1. The first-order chi connectivity index (χ1) is 5.94. The van der Waals surface area contributed by atoms with Crippen LogP contribution in [0.3, 0.4) is 0 Å². The minimum absolute atomic E-state index is 0.000278. The van der Waals surface area contributed by atoms with Gasteiger partial charge in [0, 0.05) is 25.6 Å². The maximum atomic E-state index is 11.4. The van der Waals surface area contributed by atoms with Crippen LogP contribution in [0.25, 0.3) is 0 Å². The Hall–Kier alpha value is -0.610. The van der Waals surface area contributed by atoms with E-state index < -0.39 is 0 Å². The molecule has 1 aliphatic heterocycles. The van der Waals surface area contributed by atoms with E-state index >= 15 is 0 Å². The van der Waals surface area contributed by atoms with E-state index in [4.69, 9.17) is 11.5 Å². The Labute approximate surface area is 79.3 Å². The second-order valence-corrected chi connectivity index (χ2v) is 4.61. The lowest BCUT2D eigenvalue weighted by molar-refractivity contribution is -0.128. The van der Waals surface area contributed by atoms with E-state index in [9.17, 15) is 4.79 Å². The average molecular weight is 185 g/mol. The molecule has 1 rings (SSSR count). The molecule has 1 unspecified atom stereocenters. The smallest absolute Gasteiger partial charge is 0.224 e. The second kappa shape index (κ2) is 3.64. The first-order valence-corrected chi connectivity index (χ1v) is 4.68. The minimum atomic E-state index is -0.000278. The van der Waals surface area contributed by atoms with Gasteiger partial charge in [-0.3, -0.25) is 4.79 Å². The van der Waals surface area contributed by atoms with E-state index in [1.54, 1.807) is 0 Å². The van der Waals surface area contributed by atoms with Gasteiger partial charge in [-0.1, -0.05) is 13.8 Å². The predicted octanol–water partition coefficient (Wildman–Crippen LogP) is -0.469. The number of nitrogens with two attached hydrogens (primary N) is 2. The fraction of sp³-hybridized carbons (Fsp3) is 0.889. The van der Waals surface area contributed by atoms with Gasteiger partial charge in [-0.2, -0.15) is 0 Å². The molecule has 0 aromatic carbocycles. The van der Waals surface area contributed by atoms with Crippen molar-refractivity contribution in [3.8, 4) is 0 Å². The normalized spacial score (nSPS) is 24.2. The molecular formula is C9H19N3O. The standard InChI is InChI=1S/C9H19N3O/c1-9(2,5-10)6-12-4-7(11)3-8(12)13/h7H,3-6,10-11H2,1-2H3. The molecule has 4 nitrogen and oxygen atoms in total. The summed E-state index contributed by atoms with van der Waals surface area (Å²) in [6.45, 7) is 6.11. The van der Waals surface area contributed by atoms with Gasteiger partial charge in [0.05, 0.1) is 0 Å². The molecule has 0 radical (unpaired) electrons. The number of rotatable bonds is 3. The van der Waals surface area contributed by atoms with Gasteiger partial charge >= 0.3 is 0 Å². The maximum absolute atomic E-state index is 11.4. The number of likely N-dealkylation sites (tertiary alicyclic amines) is 1. The van der Waals surface area contributed by atoms with Gasteiger partial charge in [0.2, 0.25) is 5.91 Å². The zero-order valence-electron chi connectivity index (χ0n) is 8.42. The molecule has 0 bridgehead atoms. The lowest BCUT2D eigenvalue weighted by Gasteiger charge is -2.28. The van der Waals surface area contributed by atoms with E-state index in [2.05, 4.69) is 13.8 Å². The van der Waals surface area contributed by atoms with Crippen molar-refractivity contribution in [2.24, 2.45) is 16.9 Å². The highest BCUT2D eigenvalue weighted by Gasteiger charge is 2.30. The van der Waals surface area contributed by atoms with Crippen LogP contribution in [0.15, 0.2) is 0 Å². The van der Waals surface area contributed by atoms with E-state index in [-0.39, 0.29) is 17.4 Å². The molecule has 0 aromatic heterocycles. The zero-order chi connectivity index (χ0) is 10.1. The van der Waals surface area contributed by atoms with Crippen molar-refractivity contribution in [1.82, 2.24) is 4.90 Å². The van der Waals surface area contributed by atoms with Crippen molar-refractivity contribution in [2.75, 3.05) is 19.6 Å². The SMILES string of the molecule is CC(C)(CN)CN1CC(N)CC1=O. The quantitative estimate of drug-likeness (QED) is 0.624. The van der Waals surface area contributed by atoms with Crippen molar-refractivity contribution in [2.45, 2.75) is 26.3 Å². The third-order valence-corrected chi connectivity index (χ3v) is 2.42. The lowest BCUT2D eigenvalue weighted by Crippen LogP contribution is -2.40. The molecule has 1 amide bonds. The maximum Gasteiger partial charge on any atom is 0.224 e. The summed E-state index contributed by atoms with van der Waals surface area (Å²) in [7, 11) is 0. The summed E-state index contributed by atoms with van der Waals surface area (Å²) in [5.74, 6) is 0.161. The number of hydrogen-bond acceptors (Lipinski definition) is 3. The fourth-order valence-electron chi connectivity index (χ4n) is 1.54. The van der Waals surface area contributed by atoms with Crippen LogP contribution in [0.4, 0.5) is 0 Å². The summed E-state index contributed by atoms with van der Waals surface area (Å²) in [6, 6.07) is 0.0149. The highest BCUT2D eigenvalue weighted by Crippen LogP contribution is 2.19. The van der Waals surface area contributed by atoms with Gasteiger partial charge in [0.25, 0.3) is 0 Å². The van der Waals surface area contributed by atoms with Gasteiger partial charge < -0.3 is 16.4 Å². The molecule has 1 fully saturated rings. The third-order valence-electron chi connectivity index (χ3n) is 2.42. The fourth-order valence-corrected chi connectivity index (χ4v) is 1.54. The summed E-state index contributed by atoms with van der Waals surface area (Å²) in [4.78, 5) is 13.2. The Balaban J connectivity index is 2.50. The summed E-state index contributed by atoms with van der Waals surface area (Å²) >= 11 is 0. The minimum Gasteiger partial charge on any atom is -0.340 e. The molecule has 0 aromatic rings. The van der Waals surface area contributed by atoms with Gasteiger partial charge in [-0.25, -0.2) is 0 Å². The summed E-state index contributed by atoms with van der Waals surface area (Å²) in [6.07, 6.45) is 0.487. The van der Waals surface area contributed by atoms with Crippen molar-refractivity contribution >= 4 is 5.91 Å². The second-order valence-electron chi connectivity index (χ2n) is 4.61. The molecular weight excluding hydrogens is 166 g/mol. The first-order valence-electron chi connectivity index (χ1n) is 4.68. The van der Waals surface area contributed by atoms with Crippen LogP contribution in [-0.4, -0.2) is 36.5 Å². The van der Waals surface area contributed by atoms with Gasteiger partial charge in [0.15, 0.2) is 0 Å². The molecule has 1 heterocycles. The predicted molar refractivity (Wildman–Crippen MR) is 52.0 cm³/mol. The van der Waals surface area contributed by atoms with Crippen LogP contribution in [0.5, 0.6) is 0 Å². The summed E-state index contributed by atoms with van der Waals surface area (Å²) in [5.41, 5.74) is 11.3. The van der Waals surface area contributed by atoms with Crippen LogP contribution in [-0.2, 0) is 4.79 Å². The molecule has 0 spiro atoms. The molecule has 1 aliphatic rings. The highest BCUT2D eigenvalue weighted by atomic mass is 16.2. The molecule has 4 N–H and O–H groups in total. The van der Waals surface area contributed by atoms with E-state index in [1.807, 2.05) is 4.90 Å². The van der Waals surface area contributed by atoms with E-state index in [0.29, 0.717) is 19.5 Å². The average Bonchev–Trinajstić information content (AvgIpc) is 2.30. The molecule has 0 saturated carbocycles. The number of amides is 1.